The van der Waals surface area contributed by atoms with Gasteiger partial charge in [-0.1, -0.05) is 11.6 Å². The first-order valence-corrected chi connectivity index (χ1v) is 6.39. The van der Waals surface area contributed by atoms with E-state index in [1.807, 2.05) is 0 Å². The maximum Gasteiger partial charge on any atom is 0.156 e. The van der Waals surface area contributed by atoms with E-state index in [1.165, 1.54) is 12.8 Å². The van der Waals surface area contributed by atoms with E-state index in [-0.39, 0.29) is 5.15 Å². The first kappa shape index (κ1) is 13.2. The highest BCUT2D eigenvalue weighted by molar-refractivity contribution is 6.32. The van der Waals surface area contributed by atoms with Gasteiger partial charge in [0.1, 0.15) is 16.8 Å². The summed E-state index contributed by atoms with van der Waals surface area (Å²) >= 11 is 5.87. The van der Waals surface area contributed by atoms with E-state index in [0.717, 1.165) is 12.5 Å². The molecule has 1 saturated carbocycles. The van der Waals surface area contributed by atoms with Crippen molar-refractivity contribution < 1.29 is 9.53 Å². The van der Waals surface area contributed by atoms with Crippen molar-refractivity contribution >= 4 is 23.7 Å². The van der Waals surface area contributed by atoms with Crippen molar-refractivity contribution in [2.75, 3.05) is 25.1 Å². The quantitative estimate of drug-likeness (QED) is 0.466. The molecule has 0 radical (unpaired) electrons. The van der Waals surface area contributed by atoms with Gasteiger partial charge in [0.05, 0.1) is 12.2 Å². The molecule has 0 amide bonds. The van der Waals surface area contributed by atoms with Crippen LogP contribution in [-0.4, -0.2) is 36.0 Å². The van der Waals surface area contributed by atoms with Gasteiger partial charge in [-0.3, -0.25) is 4.79 Å². The molecule has 5 nitrogen and oxygen atoms in total. The van der Waals surface area contributed by atoms with Crippen LogP contribution in [0.2, 0.25) is 5.15 Å². The zero-order valence-electron chi connectivity index (χ0n) is 10.3. The molecule has 0 aromatic carbocycles. The summed E-state index contributed by atoms with van der Waals surface area (Å²) in [6, 6.07) is 0. The fraction of sp³-hybridized carbons (Fsp3) is 0.583. The number of carbonyl (C=O) groups excluding carboxylic acids is 1. The maximum atomic E-state index is 10.9. The Kier molecular flexibility index (Phi) is 4.49. The summed E-state index contributed by atoms with van der Waals surface area (Å²) in [6.45, 7) is 3.75. The van der Waals surface area contributed by atoms with Crippen molar-refractivity contribution in [2.24, 2.45) is 5.92 Å². The van der Waals surface area contributed by atoms with E-state index in [1.54, 1.807) is 6.92 Å². The third kappa shape index (κ3) is 3.65. The van der Waals surface area contributed by atoms with Gasteiger partial charge in [0.2, 0.25) is 0 Å². The van der Waals surface area contributed by atoms with Gasteiger partial charge in [0.25, 0.3) is 0 Å². The first-order chi connectivity index (χ1) is 8.70. The lowest BCUT2D eigenvalue weighted by Crippen LogP contribution is -2.14. The van der Waals surface area contributed by atoms with Crippen LogP contribution in [0.15, 0.2) is 0 Å². The van der Waals surface area contributed by atoms with Gasteiger partial charge in [-0.25, -0.2) is 9.97 Å². The fourth-order valence-corrected chi connectivity index (χ4v) is 1.82. The Balaban J connectivity index is 1.84. The number of anilines is 1. The number of nitrogens with one attached hydrogen (secondary N) is 1. The van der Waals surface area contributed by atoms with E-state index in [4.69, 9.17) is 16.3 Å². The normalized spacial score (nSPS) is 14.6. The van der Waals surface area contributed by atoms with Crippen molar-refractivity contribution in [3.8, 4) is 0 Å². The highest BCUT2D eigenvalue weighted by atomic mass is 35.5. The predicted molar refractivity (Wildman–Crippen MR) is 69.2 cm³/mol. The third-order valence-electron chi connectivity index (χ3n) is 2.72. The molecule has 0 aliphatic heterocycles. The second-order valence-corrected chi connectivity index (χ2v) is 4.74. The lowest BCUT2D eigenvalue weighted by atomic mass is 10.3. The van der Waals surface area contributed by atoms with Crippen LogP contribution in [0.4, 0.5) is 5.82 Å². The van der Waals surface area contributed by atoms with Gasteiger partial charge >= 0.3 is 0 Å². The molecule has 1 aliphatic carbocycles. The Morgan fingerprint density at radius 3 is 2.94 bits per heavy atom. The van der Waals surface area contributed by atoms with E-state index in [9.17, 15) is 4.79 Å². The van der Waals surface area contributed by atoms with Gasteiger partial charge in [0.15, 0.2) is 6.29 Å². The van der Waals surface area contributed by atoms with Crippen LogP contribution >= 0.6 is 11.6 Å². The number of hydrogen-bond acceptors (Lipinski definition) is 5. The Morgan fingerprint density at radius 2 is 2.28 bits per heavy atom. The Hall–Kier alpha value is -1.20. The summed E-state index contributed by atoms with van der Waals surface area (Å²) < 4.78 is 5.49. The molecule has 6 heteroatoms. The monoisotopic (exact) mass is 269 g/mol. The fourth-order valence-electron chi connectivity index (χ4n) is 1.56. The number of aldehydes is 1. The molecular weight excluding hydrogens is 254 g/mol. The van der Waals surface area contributed by atoms with Crippen LogP contribution in [0, 0.1) is 12.8 Å². The molecule has 0 spiro atoms. The van der Waals surface area contributed by atoms with Crippen LogP contribution in [-0.2, 0) is 4.74 Å². The van der Waals surface area contributed by atoms with Crippen molar-refractivity contribution in [1.82, 2.24) is 9.97 Å². The molecule has 1 N–H and O–H groups in total. The zero-order chi connectivity index (χ0) is 13.0. The van der Waals surface area contributed by atoms with Gasteiger partial charge in [-0.15, -0.1) is 0 Å². The maximum absolute atomic E-state index is 10.9. The van der Waals surface area contributed by atoms with Crippen LogP contribution in [0.1, 0.15) is 29.0 Å². The van der Waals surface area contributed by atoms with Crippen LogP contribution < -0.4 is 5.32 Å². The average molecular weight is 270 g/mol. The van der Waals surface area contributed by atoms with E-state index < -0.39 is 0 Å². The molecule has 1 aliphatic rings. The largest absolute Gasteiger partial charge is 0.379 e. The minimum atomic E-state index is 0.180. The molecule has 0 atom stereocenters. The summed E-state index contributed by atoms with van der Waals surface area (Å²) in [4.78, 5) is 19.0. The molecular formula is C12H16ClN3O2. The lowest BCUT2D eigenvalue weighted by molar-refractivity contribution is 0.112. The van der Waals surface area contributed by atoms with E-state index >= 15 is 0 Å². The smallest absolute Gasteiger partial charge is 0.156 e. The lowest BCUT2D eigenvalue weighted by Gasteiger charge is -2.09. The summed E-state index contributed by atoms with van der Waals surface area (Å²) in [5.74, 6) is 1.76. The molecule has 0 unspecified atom stereocenters. The number of halogens is 1. The zero-order valence-corrected chi connectivity index (χ0v) is 11.0. The number of ether oxygens (including phenoxy) is 1. The topological polar surface area (TPSA) is 64.1 Å². The molecule has 1 fully saturated rings. The van der Waals surface area contributed by atoms with Crippen molar-refractivity contribution in [2.45, 2.75) is 19.8 Å². The van der Waals surface area contributed by atoms with E-state index in [0.29, 0.717) is 36.6 Å². The minimum absolute atomic E-state index is 0.180. The van der Waals surface area contributed by atoms with Crippen LogP contribution in [0.5, 0.6) is 0 Å². The summed E-state index contributed by atoms with van der Waals surface area (Å²) in [5.41, 5.74) is 0.296. The van der Waals surface area contributed by atoms with Crippen molar-refractivity contribution in [1.29, 1.82) is 0 Å². The Bertz CT molecular complexity index is 436. The number of nitrogens with zero attached hydrogens (tertiary/aromatic N) is 2. The SMILES string of the molecule is Cc1nc(Cl)c(C=O)c(NCCOCC2CC2)n1. The second-order valence-electron chi connectivity index (χ2n) is 4.39. The van der Waals surface area contributed by atoms with Crippen molar-refractivity contribution in [3.63, 3.8) is 0 Å². The number of aromatic nitrogens is 2. The van der Waals surface area contributed by atoms with Crippen LogP contribution in [0.25, 0.3) is 0 Å². The minimum Gasteiger partial charge on any atom is -0.379 e. The van der Waals surface area contributed by atoms with Crippen LogP contribution in [0.3, 0.4) is 0 Å². The summed E-state index contributed by atoms with van der Waals surface area (Å²) in [5, 5.41) is 3.23. The molecule has 98 valence electrons. The highest BCUT2D eigenvalue weighted by Crippen LogP contribution is 2.28. The van der Waals surface area contributed by atoms with Crippen molar-refractivity contribution in [3.05, 3.63) is 16.5 Å². The first-order valence-electron chi connectivity index (χ1n) is 6.01. The standard InChI is InChI=1S/C12H16ClN3O2/c1-8-15-11(13)10(6-17)12(16-8)14-4-5-18-7-9-2-3-9/h6,9H,2-5,7H2,1H3,(H,14,15,16). The predicted octanol–water partition coefficient (Wildman–Crippen LogP) is 2.09. The Morgan fingerprint density at radius 1 is 1.50 bits per heavy atom. The average Bonchev–Trinajstić information content (AvgIpc) is 3.12. The number of rotatable bonds is 7. The van der Waals surface area contributed by atoms with Gasteiger partial charge < -0.3 is 10.1 Å². The Labute approximate surface area is 111 Å². The van der Waals surface area contributed by atoms with Gasteiger partial charge in [-0.2, -0.15) is 0 Å². The molecule has 1 aromatic heterocycles. The highest BCUT2D eigenvalue weighted by Gasteiger charge is 2.20. The second kappa shape index (κ2) is 6.11. The number of carbonyl (C=O) groups is 1. The summed E-state index contributed by atoms with van der Waals surface area (Å²) in [6.07, 6.45) is 3.22. The molecule has 2 rings (SSSR count). The molecule has 1 aromatic rings. The molecule has 0 bridgehead atoms. The van der Waals surface area contributed by atoms with Gasteiger partial charge in [0, 0.05) is 13.2 Å². The number of aryl methyl sites for hydroxylation is 1. The molecule has 18 heavy (non-hydrogen) atoms. The number of hydrogen-bond donors (Lipinski definition) is 1. The molecule has 1 heterocycles. The van der Waals surface area contributed by atoms with E-state index in [2.05, 4.69) is 15.3 Å². The summed E-state index contributed by atoms with van der Waals surface area (Å²) in [7, 11) is 0. The third-order valence-corrected chi connectivity index (χ3v) is 3.01. The van der Waals surface area contributed by atoms with Gasteiger partial charge in [-0.05, 0) is 25.7 Å². The molecule has 0 saturated heterocycles.